The van der Waals surface area contributed by atoms with Crippen molar-refractivity contribution in [1.82, 2.24) is 15.5 Å². The molecule has 1 heterocycles. The first-order valence-electron chi connectivity index (χ1n) is 15.5. The highest BCUT2D eigenvalue weighted by Gasteiger charge is 2.61. The molecule has 0 aromatic rings. The van der Waals surface area contributed by atoms with E-state index in [-0.39, 0.29) is 0 Å². The maximum atomic E-state index is 12.5. The van der Waals surface area contributed by atoms with Gasteiger partial charge in [0.15, 0.2) is 5.11 Å². The SMILES string of the molecule is CN1C(=O)CC[C@]2(C)[C@H]3CC[C@]4(C)[C@@H](CNC(=S)NC56CC7CC(CC(C7)C5)C6)CC[C@H]4[C@@H]3CC[C@@H]12. The summed E-state index contributed by atoms with van der Waals surface area (Å²) in [5, 5.41) is 8.62. The maximum Gasteiger partial charge on any atom is 0.222 e. The van der Waals surface area contributed by atoms with Gasteiger partial charge in [-0.25, -0.2) is 0 Å². The number of carbonyl (C=O) groups excluding carboxylic acids is 1. The Morgan fingerprint density at radius 3 is 2.28 bits per heavy atom. The van der Waals surface area contributed by atoms with E-state index in [1.807, 2.05) is 0 Å². The van der Waals surface area contributed by atoms with Crippen LogP contribution in [-0.4, -0.2) is 41.1 Å². The first kappa shape index (κ1) is 24.2. The first-order valence-corrected chi connectivity index (χ1v) is 15.9. The van der Waals surface area contributed by atoms with Crippen molar-refractivity contribution in [3.8, 4) is 0 Å². The highest BCUT2D eigenvalue weighted by molar-refractivity contribution is 7.80. The molecule has 36 heavy (non-hydrogen) atoms. The van der Waals surface area contributed by atoms with Gasteiger partial charge >= 0.3 is 0 Å². The van der Waals surface area contributed by atoms with Crippen molar-refractivity contribution < 1.29 is 4.79 Å². The molecule has 0 unspecified atom stereocenters. The summed E-state index contributed by atoms with van der Waals surface area (Å²) in [4.78, 5) is 14.6. The number of carbonyl (C=O) groups is 1. The molecule has 7 saturated carbocycles. The Morgan fingerprint density at radius 2 is 1.58 bits per heavy atom. The Bertz CT molecular complexity index is 899. The lowest BCUT2D eigenvalue weighted by Gasteiger charge is -2.62. The van der Waals surface area contributed by atoms with Gasteiger partial charge in [0, 0.05) is 31.6 Å². The molecule has 5 heteroatoms. The molecule has 0 radical (unpaired) electrons. The fourth-order valence-electron chi connectivity index (χ4n) is 12.4. The van der Waals surface area contributed by atoms with E-state index in [2.05, 4.69) is 36.4 Å². The van der Waals surface area contributed by atoms with Crippen LogP contribution in [0.5, 0.6) is 0 Å². The van der Waals surface area contributed by atoms with E-state index >= 15 is 0 Å². The number of likely N-dealkylation sites (tertiary alicyclic amines) is 1. The van der Waals surface area contributed by atoms with Gasteiger partial charge in [-0.15, -0.1) is 0 Å². The topological polar surface area (TPSA) is 44.4 Å². The molecule has 7 aliphatic carbocycles. The number of rotatable bonds is 3. The number of hydrogen-bond donors (Lipinski definition) is 2. The number of hydrogen-bond acceptors (Lipinski definition) is 2. The van der Waals surface area contributed by atoms with Crippen LogP contribution < -0.4 is 10.6 Å². The third kappa shape index (κ3) is 3.56. The van der Waals surface area contributed by atoms with Crippen molar-refractivity contribution in [2.75, 3.05) is 13.6 Å². The summed E-state index contributed by atoms with van der Waals surface area (Å²) in [6.07, 6.45) is 18.4. The first-order chi connectivity index (χ1) is 17.2. The van der Waals surface area contributed by atoms with Gasteiger partial charge in [-0.3, -0.25) is 4.79 Å². The van der Waals surface area contributed by atoms with Gasteiger partial charge in [0.2, 0.25) is 5.91 Å². The maximum absolute atomic E-state index is 12.5. The molecular formula is C31H49N3OS. The van der Waals surface area contributed by atoms with E-state index in [9.17, 15) is 4.79 Å². The van der Waals surface area contributed by atoms with Gasteiger partial charge in [-0.2, -0.15) is 0 Å². The number of fused-ring (bicyclic) bond motifs is 5. The van der Waals surface area contributed by atoms with Gasteiger partial charge in [-0.05, 0) is 148 Å². The molecule has 200 valence electrons. The van der Waals surface area contributed by atoms with Crippen LogP contribution in [0.3, 0.4) is 0 Å². The van der Waals surface area contributed by atoms with Crippen LogP contribution in [0.15, 0.2) is 0 Å². The van der Waals surface area contributed by atoms with Crippen LogP contribution in [0.1, 0.15) is 104 Å². The van der Waals surface area contributed by atoms with Crippen molar-refractivity contribution >= 4 is 23.2 Å². The molecule has 0 spiro atoms. The Kier molecular flexibility index (Phi) is 5.60. The molecule has 8 rings (SSSR count). The van der Waals surface area contributed by atoms with Gasteiger partial charge in [0.25, 0.3) is 0 Å². The van der Waals surface area contributed by atoms with E-state index in [0.29, 0.717) is 28.3 Å². The zero-order chi connectivity index (χ0) is 24.9. The lowest BCUT2D eigenvalue weighted by atomic mass is 9.47. The molecule has 0 aromatic carbocycles. The third-order valence-corrected chi connectivity index (χ3v) is 13.9. The molecule has 8 fully saturated rings. The quantitative estimate of drug-likeness (QED) is 0.463. The monoisotopic (exact) mass is 511 g/mol. The fourth-order valence-corrected chi connectivity index (χ4v) is 12.7. The molecule has 4 bridgehead atoms. The molecule has 4 nitrogen and oxygen atoms in total. The largest absolute Gasteiger partial charge is 0.362 e. The molecule has 1 amide bonds. The molecule has 1 aliphatic heterocycles. The van der Waals surface area contributed by atoms with Crippen molar-refractivity contribution in [2.45, 2.75) is 115 Å². The lowest BCUT2D eigenvalue weighted by molar-refractivity contribution is -0.158. The van der Waals surface area contributed by atoms with Crippen LogP contribution >= 0.6 is 12.2 Å². The number of thiocarbonyl (C=S) groups is 1. The average molecular weight is 512 g/mol. The van der Waals surface area contributed by atoms with E-state index in [0.717, 1.165) is 65.9 Å². The second-order valence-corrected chi connectivity index (χ2v) is 15.7. The summed E-state index contributed by atoms with van der Waals surface area (Å²) < 4.78 is 0. The highest BCUT2D eigenvalue weighted by atomic mass is 32.1. The molecule has 0 aromatic heterocycles. The average Bonchev–Trinajstić information content (AvgIpc) is 3.15. The fraction of sp³-hybridized carbons (Fsp3) is 0.935. The number of nitrogens with zero attached hydrogens (tertiary/aromatic N) is 1. The smallest absolute Gasteiger partial charge is 0.222 e. The Labute approximate surface area is 224 Å². The van der Waals surface area contributed by atoms with E-state index in [1.165, 1.54) is 77.0 Å². The number of nitrogens with one attached hydrogen (secondary N) is 2. The minimum absolute atomic E-state index is 0.307. The zero-order valence-electron chi connectivity index (χ0n) is 23.0. The highest BCUT2D eigenvalue weighted by Crippen LogP contribution is 2.66. The van der Waals surface area contributed by atoms with Crippen LogP contribution in [0.2, 0.25) is 0 Å². The van der Waals surface area contributed by atoms with Crippen LogP contribution in [0.4, 0.5) is 0 Å². The molecule has 1 saturated heterocycles. The third-order valence-electron chi connectivity index (χ3n) is 13.7. The molecule has 7 atom stereocenters. The van der Waals surface area contributed by atoms with Crippen LogP contribution in [0.25, 0.3) is 0 Å². The van der Waals surface area contributed by atoms with Crippen LogP contribution in [-0.2, 0) is 4.79 Å². The van der Waals surface area contributed by atoms with Crippen molar-refractivity contribution in [3.05, 3.63) is 0 Å². The predicted octanol–water partition coefficient (Wildman–Crippen LogP) is 5.90. The van der Waals surface area contributed by atoms with Gasteiger partial charge < -0.3 is 15.5 Å². The lowest BCUT2D eigenvalue weighted by Crippen LogP contribution is -2.62. The zero-order valence-corrected chi connectivity index (χ0v) is 23.8. The predicted molar refractivity (Wildman–Crippen MR) is 148 cm³/mol. The Hall–Kier alpha value is -0.840. The summed E-state index contributed by atoms with van der Waals surface area (Å²) >= 11 is 5.94. The minimum atomic E-state index is 0.307. The summed E-state index contributed by atoms with van der Waals surface area (Å²) in [5.74, 6) is 6.49. The second kappa shape index (κ2) is 8.33. The minimum Gasteiger partial charge on any atom is -0.362 e. The summed E-state index contributed by atoms with van der Waals surface area (Å²) in [6.45, 7) is 6.23. The summed E-state index contributed by atoms with van der Waals surface area (Å²) in [6, 6.07) is 0.469. The van der Waals surface area contributed by atoms with Crippen molar-refractivity contribution in [1.29, 1.82) is 0 Å². The summed E-state index contributed by atoms with van der Waals surface area (Å²) in [7, 11) is 2.08. The second-order valence-electron chi connectivity index (χ2n) is 15.3. The standard InChI is InChI=1S/C31H49N3OS/c1-29-10-8-25-23(5-7-26-30(25,2)11-9-27(35)34(26)3)24(29)6-4-22(29)18-32-28(36)33-31-15-19-12-20(16-31)14-21(13-19)17-31/h19-26H,4-18H2,1-3H3,(H2,32,33,36)/t19?,20?,21?,22-,23+,24+,25+,26-,29-,30-,31?/m1/s1. The Balaban J connectivity index is 0.998. The van der Waals surface area contributed by atoms with E-state index < -0.39 is 0 Å². The number of piperidine rings is 1. The van der Waals surface area contributed by atoms with Crippen LogP contribution in [0, 0.1) is 52.3 Å². The molecule has 8 aliphatic rings. The van der Waals surface area contributed by atoms with Crippen molar-refractivity contribution in [3.63, 3.8) is 0 Å². The van der Waals surface area contributed by atoms with Gasteiger partial charge in [0.1, 0.15) is 0 Å². The summed E-state index contributed by atoms with van der Waals surface area (Å²) in [5.41, 5.74) is 1.08. The van der Waals surface area contributed by atoms with Gasteiger partial charge in [-0.1, -0.05) is 13.8 Å². The Morgan fingerprint density at radius 1 is 0.917 bits per heavy atom. The molecular weight excluding hydrogens is 462 g/mol. The number of amides is 1. The van der Waals surface area contributed by atoms with E-state index in [1.54, 1.807) is 0 Å². The normalized spacial score (nSPS) is 53.0. The van der Waals surface area contributed by atoms with Gasteiger partial charge in [0.05, 0.1) is 0 Å². The van der Waals surface area contributed by atoms with Crippen molar-refractivity contribution in [2.24, 2.45) is 52.3 Å². The van der Waals surface area contributed by atoms with E-state index in [4.69, 9.17) is 12.2 Å². The molecule has 2 N–H and O–H groups in total.